The lowest BCUT2D eigenvalue weighted by atomic mass is 10.2. The van der Waals surface area contributed by atoms with Gasteiger partial charge in [0.1, 0.15) is 5.56 Å². The van der Waals surface area contributed by atoms with Crippen LogP contribution in [0.25, 0.3) is 0 Å². The van der Waals surface area contributed by atoms with Gasteiger partial charge in [-0.2, -0.15) is 4.73 Å². The summed E-state index contributed by atoms with van der Waals surface area (Å²) in [5.74, 6) is -1.03. The zero-order chi connectivity index (χ0) is 14.5. The fourth-order valence-corrected chi connectivity index (χ4v) is 1.95. The van der Waals surface area contributed by atoms with E-state index in [1.54, 1.807) is 24.3 Å². The van der Waals surface area contributed by atoms with Gasteiger partial charge in [-0.1, -0.05) is 12.1 Å². The highest BCUT2D eigenvalue weighted by atomic mass is 79.9. The molecule has 0 aliphatic carbocycles. The molecule has 0 saturated carbocycles. The summed E-state index contributed by atoms with van der Waals surface area (Å²) in [5.41, 5.74) is 5.05. The first-order chi connectivity index (χ1) is 9.58. The minimum Gasteiger partial charge on any atom is -0.619 e. The van der Waals surface area contributed by atoms with Gasteiger partial charge in [0.25, 0.3) is 11.8 Å². The normalized spacial score (nSPS) is 9.85. The number of benzene rings is 1. The zero-order valence-corrected chi connectivity index (χ0v) is 11.8. The number of carbonyl (C=O) groups excluding carboxylic acids is 2. The molecular formula is C13H10BrN3O3. The number of carbonyl (C=O) groups is 2. The Morgan fingerprint density at radius 3 is 2.45 bits per heavy atom. The number of aromatic nitrogens is 1. The van der Waals surface area contributed by atoms with Crippen LogP contribution in [0.2, 0.25) is 0 Å². The number of hydrazine groups is 1. The predicted octanol–water partition coefficient (Wildman–Crippen LogP) is 1.16. The smallest absolute Gasteiger partial charge is 0.275 e. The molecule has 0 aliphatic rings. The summed E-state index contributed by atoms with van der Waals surface area (Å²) in [6.07, 6.45) is 2.37. The summed E-state index contributed by atoms with van der Waals surface area (Å²) in [6, 6.07) is 9.72. The molecule has 0 aliphatic heterocycles. The minimum atomic E-state index is -0.574. The minimum absolute atomic E-state index is 0.148. The first kappa shape index (κ1) is 14.0. The molecule has 7 heteroatoms. The fraction of sp³-hybridized carbons (Fsp3) is 0. The maximum Gasteiger partial charge on any atom is 0.275 e. The molecule has 0 fully saturated rings. The van der Waals surface area contributed by atoms with Gasteiger partial charge in [0.2, 0.25) is 0 Å². The molecule has 1 aromatic carbocycles. The van der Waals surface area contributed by atoms with Crippen LogP contribution in [0.4, 0.5) is 0 Å². The molecule has 0 spiro atoms. The summed E-state index contributed by atoms with van der Waals surface area (Å²) in [4.78, 5) is 23.6. The van der Waals surface area contributed by atoms with Crippen molar-refractivity contribution in [3.8, 4) is 0 Å². The molecule has 0 atom stereocenters. The van der Waals surface area contributed by atoms with E-state index in [9.17, 15) is 14.8 Å². The van der Waals surface area contributed by atoms with Crippen LogP contribution in [0, 0.1) is 5.21 Å². The second-order valence-corrected chi connectivity index (χ2v) is 4.69. The molecule has 2 aromatic rings. The molecule has 2 rings (SSSR count). The van der Waals surface area contributed by atoms with Crippen LogP contribution in [0.3, 0.4) is 0 Å². The third-order valence-electron chi connectivity index (χ3n) is 2.45. The van der Waals surface area contributed by atoms with Crippen LogP contribution >= 0.6 is 15.9 Å². The van der Waals surface area contributed by atoms with Crippen molar-refractivity contribution in [2.45, 2.75) is 0 Å². The van der Waals surface area contributed by atoms with E-state index in [1.807, 2.05) is 0 Å². The number of halogens is 1. The van der Waals surface area contributed by atoms with E-state index in [2.05, 4.69) is 26.8 Å². The van der Waals surface area contributed by atoms with Crippen LogP contribution in [0.5, 0.6) is 0 Å². The highest BCUT2D eigenvalue weighted by Gasteiger charge is 2.12. The Labute approximate surface area is 123 Å². The highest BCUT2D eigenvalue weighted by molar-refractivity contribution is 9.10. The summed E-state index contributed by atoms with van der Waals surface area (Å²) >= 11 is 3.24. The predicted molar refractivity (Wildman–Crippen MR) is 74.5 cm³/mol. The molecule has 6 nitrogen and oxygen atoms in total. The lowest BCUT2D eigenvalue weighted by Gasteiger charge is -2.08. The van der Waals surface area contributed by atoms with Crippen LogP contribution in [-0.4, -0.2) is 11.8 Å². The maximum absolute atomic E-state index is 11.8. The number of rotatable bonds is 2. The fourth-order valence-electron chi connectivity index (χ4n) is 1.49. The lowest BCUT2D eigenvalue weighted by molar-refractivity contribution is -0.605. The second kappa shape index (κ2) is 6.16. The molecule has 1 heterocycles. The molecule has 2 N–H and O–H groups in total. The lowest BCUT2D eigenvalue weighted by Crippen LogP contribution is -2.42. The van der Waals surface area contributed by atoms with Gasteiger partial charge in [-0.05, 0) is 34.1 Å². The maximum atomic E-state index is 11.8. The van der Waals surface area contributed by atoms with Crippen molar-refractivity contribution in [3.63, 3.8) is 0 Å². The molecule has 1 aromatic heterocycles. The van der Waals surface area contributed by atoms with Crippen LogP contribution in [0.1, 0.15) is 20.7 Å². The number of amides is 2. The summed E-state index contributed by atoms with van der Waals surface area (Å²) < 4.78 is 1.12. The molecule has 0 bridgehead atoms. The standard InChI is InChI=1S/C13H10BrN3O3/c14-11-6-2-1-5-10(11)13(19)16-15-12(18)9-4-3-7-17(20)8-9/h1-8H,(H,15,18)(H,16,19). The van der Waals surface area contributed by atoms with Gasteiger partial charge in [-0.3, -0.25) is 20.4 Å². The van der Waals surface area contributed by atoms with Crippen LogP contribution in [-0.2, 0) is 0 Å². The Kier molecular flexibility index (Phi) is 4.31. The van der Waals surface area contributed by atoms with Crippen LogP contribution in [0.15, 0.2) is 53.3 Å². The number of nitrogens with zero attached hydrogens (tertiary/aromatic N) is 1. The van der Waals surface area contributed by atoms with Gasteiger partial charge in [0, 0.05) is 10.5 Å². The Bertz CT molecular complexity index is 661. The highest BCUT2D eigenvalue weighted by Crippen LogP contribution is 2.15. The van der Waals surface area contributed by atoms with E-state index < -0.39 is 11.8 Å². The Morgan fingerprint density at radius 1 is 1.05 bits per heavy atom. The molecule has 20 heavy (non-hydrogen) atoms. The van der Waals surface area contributed by atoms with E-state index >= 15 is 0 Å². The van der Waals surface area contributed by atoms with Gasteiger partial charge in [0.15, 0.2) is 12.4 Å². The summed E-state index contributed by atoms with van der Waals surface area (Å²) in [5, 5.41) is 11.0. The number of nitrogens with one attached hydrogen (secondary N) is 2. The van der Waals surface area contributed by atoms with Gasteiger partial charge < -0.3 is 5.21 Å². The van der Waals surface area contributed by atoms with Crippen molar-refractivity contribution in [2.24, 2.45) is 0 Å². The number of hydrogen-bond acceptors (Lipinski definition) is 3. The van der Waals surface area contributed by atoms with Crippen molar-refractivity contribution in [1.82, 2.24) is 10.9 Å². The SMILES string of the molecule is O=C(NNC(=O)c1ccccc1Br)c1ccc[n+]([O-])c1. The first-order valence-electron chi connectivity index (χ1n) is 5.62. The van der Waals surface area contributed by atoms with Gasteiger partial charge in [0.05, 0.1) is 5.56 Å². The van der Waals surface area contributed by atoms with E-state index in [1.165, 1.54) is 18.3 Å². The quantitative estimate of drug-likeness (QED) is 0.490. The average Bonchev–Trinajstić information content (AvgIpc) is 2.45. The third kappa shape index (κ3) is 3.33. The number of hydrogen-bond donors (Lipinski definition) is 2. The monoisotopic (exact) mass is 335 g/mol. The molecule has 2 amide bonds. The number of pyridine rings is 1. The Balaban J connectivity index is 2.01. The van der Waals surface area contributed by atoms with Gasteiger partial charge in [-0.15, -0.1) is 0 Å². The van der Waals surface area contributed by atoms with Crippen molar-refractivity contribution < 1.29 is 14.3 Å². The first-order valence-corrected chi connectivity index (χ1v) is 6.41. The van der Waals surface area contributed by atoms with E-state index in [0.29, 0.717) is 14.8 Å². The molecule has 0 unspecified atom stereocenters. The molecule has 0 saturated heterocycles. The van der Waals surface area contributed by atoms with Gasteiger partial charge in [-0.25, -0.2) is 0 Å². The van der Waals surface area contributed by atoms with Crippen molar-refractivity contribution >= 4 is 27.7 Å². The van der Waals surface area contributed by atoms with Crippen molar-refractivity contribution in [3.05, 3.63) is 69.6 Å². The Hall–Kier alpha value is -2.41. The van der Waals surface area contributed by atoms with E-state index in [0.717, 1.165) is 6.20 Å². The summed E-state index contributed by atoms with van der Waals surface area (Å²) in [7, 11) is 0. The van der Waals surface area contributed by atoms with E-state index in [4.69, 9.17) is 0 Å². The van der Waals surface area contributed by atoms with Crippen molar-refractivity contribution in [2.75, 3.05) is 0 Å². The molecule has 0 radical (unpaired) electrons. The zero-order valence-electron chi connectivity index (χ0n) is 10.2. The van der Waals surface area contributed by atoms with Crippen molar-refractivity contribution in [1.29, 1.82) is 0 Å². The average molecular weight is 336 g/mol. The molecular weight excluding hydrogens is 326 g/mol. The van der Waals surface area contributed by atoms with E-state index in [-0.39, 0.29) is 5.56 Å². The summed E-state index contributed by atoms with van der Waals surface area (Å²) in [6.45, 7) is 0. The molecule has 102 valence electrons. The third-order valence-corrected chi connectivity index (χ3v) is 3.14. The second-order valence-electron chi connectivity index (χ2n) is 3.84. The van der Waals surface area contributed by atoms with Crippen LogP contribution < -0.4 is 15.6 Å². The largest absolute Gasteiger partial charge is 0.619 e. The van der Waals surface area contributed by atoms with Gasteiger partial charge >= 0.3 is 0 Å². The topological polar surface area (TPSA) is 85.1 Å². The Morgan fingerprint density at radius 2 is 1.75 bits per heavy atom.